The van der Waals surface area contributed by atoms with E-state index < -0.39 is 11.6 Å². The molecule has 0 saturated carbocycles. The van der Waals surface area contributed by atoms with Gasteiger partial charge in [0.2, 0.25) is 0 Å². The quantitative estimate of drug-likeness (QED) is 0.481. The van der Waals surface area contributed by atoms with Crippen LogP contribution >= 0.6 is 0 Å². The fourth-order valence-electron chi connectivity index (χ4n) is 5.06. The van der Waals surface area contributed by atoms with Gasteiger partial charge in [-0.15, -0.1) is 0 Å². The van der Waals surface area contributed by atoms with E-state index in [-0.39, 0.29) is 6.04 Å². The molecular formula is C27H32F2N6O2. The second-order valence-electron chi connectivity index (χ2n) is 9.62. The second kappa shape index (κ2) is 10.9. The standard InChI is InChI=1S/C27H32F2N6O2/c1-33(2)21-6-9-34(10-7-21)22-4-5-23(25(15-22)36-3)32-26-16-27(31-17-30-26)35-24(8-11-37-35)18-12-19(28)14-20(29)13-18/h4-5,12-17,21,24H,6-11H2,1-3H3,(H,30,31,32)/t24-/m1/s1. The predicted octanol–water partition coefficient (Wildman–Crippen LogP) is 4.92. The number of benzene rings is 2. The first-order valence-electron chi connectivity index (χ1n) is 12.5. The van der Waals surface area contributed by atoms with Crippen LogP contribution in [0.1, 0.15) is 30.9 Å². The van der Waals surface area contributed by atoms with Gasteiger partial charge in [0.05, 0.1) is 25.4 Å². The largest absolute Gasteiger partial charge is 0.494 e. The molecule has 8 nitrogen and oxygen atoms in total. The average Bonchev–Trinajstić information content (AvgIpc) is 3.39. The number of nitrogens with zero attached hydrogens (tertiary/aromatic N) is 5. The van der Waals surface area contributed by atoms with Crippen LogP contribution in [-0.2, 0) is 4.84 Å². The highest BCUT2D eigenvalue weighted by Gasteiger charge is 2.30. The van der Waals surface area contributed by atoms with Gasteiger partial charge in [-0.3, -0.25) is 4.84 Å². The summed E-state index contributed by atoms with van der Waals surface area (Å²) in [6, 6.07) is 11.6. The number of nitrogens with one attached hydrogen (secondary N) is 1. The number of ether oxygens (including phenoxy) is 1. The lowest BCUT2D eigenvalue weighted by Gasteiger charge is -2.36. The molecule has 0 bridgehead atoms. The number of piperidine rings is 1. The zero-order valence-corrected chi connectivity index (χ0v) is 21.3. The molecule has 2 fully saturated rings. The van der Waals surface area contributed by atoms with Gasteiger partial charge in [0.25, 0.3) is 0 Å². The topological polar surface area (TPSA) is 66.0 Å². The van der Waals surface area contributed by atoms with Crippen molar-refractivity contribution in [1.82, 2.24) is 14.9 Å². The molecule has 2 aromatic carbocycles. The molecule has 5 rings (SSSR count). The number of rotatable bonds is 7. The first-order valence-corrected chi connectivity index (χ1v) is 12.5. The van der Waals surface area contributed by atoms with Crippen LogP contribution in [-0.4, -0.2) is 61.8 Å². The highest BCUT2D eigenvalue weighted by atomic mass is 19.1. The van der Waals surface area contributed by atoms with Crippen LogP contribution in [0.25, 0.3) is 0 Å². The molecule has 1 atom stereocenters. The Balaban J connectivity index is 1.32. The first kappa shape index (κ1) is 25.2. The van der Waals surface area contributed by atoms with Crippen LogP contribution in [0, 0.1) is 11.6 Å². The Morgan fingerprint density at radius 2 is 1.76 bits per heavy atom. The Bertz CT molecular complexity index is 1220. The molecule has 0 amide bonds. The van der Waals surface area contributed by atoms with Crippen molar-refractivity contribution in [2.75, 3.05) is 56.2 Å². The molecular weight excluding hydrogens is 478 g/mol. The smallest absolute Gasteiger partial charge is 0.158 e. The lowest BCUT2D eigenvalue weighted by atomic mass is 10.0. The summed E-state index contributed by atoms with van der Waals surface area (Å²) in [5.41, 5.74) is 2.39. The minimum atomic E-state index is -0.621. The summed E-state index contributed by atoms with van der Waals surface area (Å²) in [6.45, 7) is 2.41. The SMILES string of the molecule is COc1cc(N2CCC(N(C)C)CC2)ccc1Nc1cc(N2OCC[C@@H]2c2cc(F)cc(F)c2)ncn1. The summed E-state index contributed by atoms with van der Waals surface area (Å²) in [6.07, 6.45) is 4.26. The van der Waals surface area contributed by atoms with Gasteiger partial charge in [-0.05, 0) is 56.8 Å². The highest BCUT2D eigenvalue weighted by Crippen LogP contribution is 2.37. The van der Waals surface area contributed by atoms with Crippen molar-refractivity contribution >= 4 is 23.0 Å². The van der Waals surface area contributed by atoms with Crippen molar-refractivity contribution in [2.24, 2.45) is 0 Å². The molecule has 0 aliphatic carbocycles. The molecule has 2 saturated heterocycles. The first-order chi connectivity index (χ1) is 17.9. The van der Waals surface area contributed by atoms with Gasteiger partial charge in [-0.1, -0.05) is 0 Å². The number of hydroxylamine groups is 1. The number of anilines is 4. The Morgan fingerprint density at radius 1 is 1.00 bits per heavy atom. The lowest BCUT2D eigenvalue weighted by Crippen LogP contribution is -2.41. The lowest BCUT2D eigenvalue weighted by molar-refractivity contribution is 0.156. The molecule has 37 heavy (non-hydrogen) atoms. The maximum atomic E-state index is 13.8. The summed E-state index contributed by atoms with van der Waals surface area (Å²) in [7, 11) is 5.92. The molecule has 0 radical (unpaired) electrons. The molecule has 2 aliphatic heterocycles. The predicted molar refractivity (Wildman–Crippen MR) is 139 cm³/mol. The van der Waals surface area contributed by atoms with Crippen LogP contribution in [0.15, 0.2) is 48.8 Å². The summed E-state index contributed by atoms with van der Waals surface area (Å²) in [5, 5.41) is 4.89. The molecule has 196 valence electrons. The van der Waals surface area contributed by atoms with Crippen molar-refractivity contribution in [3.8, 4) is 5.75 Å². The van der Waals surface area contributed by atoms with Gasteiger partial charge in [0, 0.05) is 49.4 Å². The Labute approximate surface area is 215 Å². The van der Waals surface area contributed by atoms with E-state index in [1.54, 1.807) is 18.2 Å². The fourth-order valence-corrected chi connectivity index (χ4v) is 5.06. The fraction of sp³-hybridized carbons (Fsp3) is 0.407. The van der Waals surface area contributed by atoms with E-state index in [2.05, 4.69) is 45.2 Å². The minimum absolute atomic E-state index is 0.363. The monoisotopic (exact) mass is 510 g/mol. The van der Waals surface area contributed by atoms with E-state index in [4.69, 9.17) is 9.57 Å². The number of hydrogen-bond donors (Lipinski definition) is 1. The van der Waals surface area contributed by atoms with Gasteiger partial charge >= 0.3 is 0 Å². The Morgan fingerprint density at radius 3 is 2.46 bits per heavy atom. The van der Waals surface area contributed by atoms with Crippen molar-refractivity contribution < 1.29 is 18.4 Å². The van der Waals surface area contributed by atoms with E-state index in [1.165, 1.54) is 18.5 Å². The van der Waals surface area contributed by atoms with Crippen molar-refractivity contribution in [2.45, 2.75) is 31.3 Å². The highest BCUT2D eigenvalue weighted by molar-refractivity contribution is 5.70. The van der Waals surface area contributed by atoms with Crippen molar-refractivity contribution in [1.29, 1.82) is 0 Å². The van der Waals surface area contributed by atoms with Gasteiger partial charge in [0.15, 0.2) is 5.82 Å². The van der Waals surface area contributed by atoms with E-state index in [1.807, 2.05) is 12.1 Å². The van der Waals surface area contributed by atoms with Gasteiger partial charge in [-0.2, -0.15) is 0 Å². The van der Waals surface area contributed by atoms with Crippen LogP contribution < -0.4 is 20.0 Å². The zero-order valence-electron chi connectivity index (χ0n) is 21.3. The molecule has 2 aliphatic rings. The van der Waals surface area contributed by atoms with Gasteiger partial charge in [-0.25, -0.2) is 23.8 Å². The molecule has 0 unspecified atom stereocenters. The Kier molecular flexibility index (Phi) is 7.38. The summed E-state index contributed by atoms with van der Waals surface area (Å²) in [5.74, 6) is 0.499. The van der Waals surface area contributed by atoms with Crippen LogP contribution in [0.4, 0.5) is 31.8 Å². The van der Waals surface area contributed by atoms with Crippen LogP contribution in [0.3, 0.4) is 0 Å². The van der Waals surface area contributed by atoms with E-state index >= 15 is 0 Å². The molecule has 3 heterocycles. The molecule has 0 spiro atoms. The third-order valence-corrected chi connectivity index (χ3v) is 7.06. The van der Waals surface area contributed by atoms with Gasteiger partial charge < -0.3 is 19.9 Å². The summed E-state index contributed by atoms with van der Waals surface area (Å²) in [4.78, 5) is 19.2. The zero-order chi connectivity index (χ0) is 25.9. The third kappa shape index (κ3) is 5.60. The second-order valence-corrected chi connectivity index (χ2v) is 9.62. The third-order valence-electron chi connectivity index (χ3n) is 7.06. The normalized spacial score (nSPS) is 18.5. The molecule has 10 heteroatoms. The summed E-state index contributed by atoms with van der Waals surface area (Å²) >= 11 is 0. The number of hydrogen-bond acceptors (Lipinski definition) is 8. The van der Waals surface area contributed by atoms with Crippen molar-refractivity contribution in [3.05, 3.63) is 66.0 Å². The van der Waals surface area contributed by atoms with E-state index in [0.717, 1.165) is 43.4 Å². The molecule has 3 aromatic rings. The van der Waals surface area contributed by atoms with Crippen molar-refractivity contribution in [3.63, 3.8) is 0 Å². The molecule has 1 aromatic heterocycles. The maximum absolute atomic E-state index is 13.8. The Hall–Kier alpha value is -3.50. The summed E-state index contributed by atoms with van der Waals surface area (Å²) < 4.78 is 33.4. The average molecular weight is 511 g/mol. The maximum Gasteiger partial charge on any atom is 0.158 e. The number of methoxy groups -OCH3 is 1. The van der Waals surface area contributed by atoms with E-state index in [0.29, 0.717) is 42.0 Å². The van der Waals surface area contributed by atoms with E-state index in [9.17, 15) is 8.78 Å². The number of halogens is 2. The van der Waals surface area contributed by atoms with Gasteiger partial charge in [0.1, 0.15) is 29.5 Å². The van der Waals surface area contributed by atoms with Crippen LogP contribution in [0.2, 0.25) is 0 Å². The number of aromatic nitrogens is 2. The van der Waals surface area contributed by atoms with Crippen LogP contribution in [0.5, 0.6) is 5.75 Å². The molecule has 1 N–H and O–H groups in total. The minimum Gasteiger partial charge on any atom is -0.494 e.